The molecule has 1 heterocycles. The van der Waals surface area contributed by atoms with Gasteiger partial charge in [-0.3, -0.25) is 4.98 Å². The van der Waals surface area contributed by atoms with Crippen LogP contribution in [0.4, 0.5) is 0 Å². The van der Waals surface area contributed by atoms with E-state index in [-0.39, 0.29) is 0 Å². The number of nitrogens with zero attached hydrogens (tertiary/aromatic N) is 1. The molecule has 1 heteroatoms. The Hall–Kier alpha value is -1.63. The summed E-state index contributed by atoms with van der Waals surface area (Å²) < 4.78 is 0. The summed E-state index contributed by atoms with van der Waals surface area (Å²) in [4.78, 5) is 4.19. The predicted molar refractivity (Wildman–Crippen MR) is 59.8 cm³/mol. The number of rotatable bonds is 1. The lowest BCUT2D eigenvalue weighted by atomic mass is 10.1. The largest absolute Gasteiger partial charge is 0.262 e. The maximum Gasteiger partial charge on any atom is 0.0378 e. The van der Waals surface area contributed by atoms with E-state index in [1.165, 1.54) is 11.1 Å². The fourth-order valence-corrected chi connectivity index (χ4v) is 1.52. The van der Waals surface area contributed by atoms with Crippen LogP contribution in [0.25, 0.3) is 5.57 Å². The Morgan fingerprint density at radius 3 is 3.07 bits per heavy atom. The summed E-state index contributed by atoms with van der Waals surface area (Å²) in [5.41, 5.74) is 3.59. The average molecular weight is 183 g/mol. The van der Waals surface area contributed by atoms with E-state index < -0.39 is 0 Å². The molecule has 0 N–H and O–H groups in total. The zero-order valence-corrected chi connectivity index (χ0v) is 8.27. The van der Waals surface area contributed by atoms with Gasteiger partial charge in [-0.05, 0) is 36.6 Å². The molecule has 0 saturated carbocycles. The highest BCUT2D eigenvalue weighted by Crippen LogP contribution is 2.18. The second-order valence-electron chi connectivity index (χ2n) is 3.37. The van der Waals surface area contributed by atoms with Gasteiger partial charge in [0.25, 0.3) is 0 Å². The molecule has 1 aromatic rings. The second kappa shape index (κ2) is 4.05. The van der Waals surface area contributed by atoms with Crippen molar-refractivity contribution in [3.05, 3.63) is 60.0 Å². The van der Waals surface area contributed by atoms with Crippen LogP contribution in [0, 0.1) is 6.92 Å². The number of pyridine rings is 1. The molecular weight excluding hydrogens is 170 g/mol. The molecule has 0 spiro atoms. The van der Waals surface area contributed by atoms with E-state index >= 15 is 0 Å². The standard InChI is InChI=1S/C13H13N/c1-11-10-13(8-9-14-11)12-6-4-2-3-5-7-12/h2-4,6-10H,5H2,1H3. The smallest absolute Gasteiger partial charge is 0.0378 e. The zero-order valence-electron chi connectivity index (χ0n) is 8.27. The SMILES string of the molecule is Cc1cc(C2=CCC=CC=C2)ccn1. The van der Waals surface area contributed by atoms with Gasteiger partial charge in [-0.1, -0.05) is 30.4 Å². The van der Waals surface area contributed by atoms with Crippen molar-refractivity contribution in [3.8, 4) is 0 Å². The van der Waals surface area contributed by atoms with E-state index in [9.17, 15) is 0 Å². The quantitative estimate of drug-likeness (QED) is 0.651. The number of aromatic nitrogens is 1. The molecule has 0 amide bonds. The molecule has 0 bridgehead atoms. The first-order valence-corrected chi connectivity index (χ1v) is 4.83. The van der Waals surface area contributed by atoms with E-state index in [0.717, 1.165) is 12.1 Å². The van der Waals surface area contributed by atoms with Gasteiger partial charge in [0.1, 0.15) is 0 Å². The number of hydrogen-bond acceptors (Lipinski definition) is 1. The molecule has 14 heavy (non-hydrogen) atoms. The minimum Gasteiger partial charge on any atom is -0.262 e. The summed E-state index contributed by atoms with van der Waals surface area (Å²) >= 11 is 0. The first-order chi connectivity index (χ1) is 6.86. The summed E-state index contributed by atoms with van der Waals surface area (Å²) in [6.07, 6.45) is 13.5. The molecule has 2 rings (SSSR count). The number of aryl methyl sites for hydroxylation is 1. The third-order valence-corrected chi connectivity index (χ3v) is 2.23. The molecule has 0 aromatic carbocycles. The predicted octanol–water partition coefficient (Wildman–Crippen LogP) is 3.29. The first-order valence-electron chi connectivity index (χ1n) is 4.83. The monoisotopic (exact) mass is 183 g/mol. The molecule has 1 aliphatic carbocycles. The van der Waals surface area contributed by atoms with Crippen molar-refractivity contribution in [1.29, 1.82) is 0 Å². The first kappa shape index (κ1) is 8.95. The zero-order chi connectivity index (χ0) is 9.80. The Morgan fingerprint density at radius 2 is 2.21 bits per heavy atom. The molecule has 70 valence electrons. The van der Waals surface area contributed by atoms with Gasteiger partial charge in [0.15, 0.2) is 0 Å². The minimum absolute atomic E-state index is 1.00. The molecule has 0 atom stereocenters. The number of hydrogen-bond donors (Lipinski definition) is 0. The van der Waals surface area contributed by atoms with E-state index in [0.29, 0.717) is 0 Å². The minimum atomic E-state index is 1.00. The Bertz CT molecular complexity index is 411. The van der Waals surface area contributed by atoms with Crippen LogP contribution in [0.15, 0.2) is 48.7 Å². The maximum absolute atomic E-state index is 4.19. The van der Waals surface area contributed by atoms with Gasteiger partial charge in [-0.2, -0.15) is 0 Å². The van der Waals surface area contributed by atoms with Crippen LogP contribution >= 0.6 is 0 Å². The molecule has 0 saturated heterocycles. The molecule has 1 aliphatic rings. The lowest BCUT2D eigenvalue weighted by Crippen LogP contribution is -1.85. The maximum atomic E-state index is 4.19. The fourth-order valence-electron chi connectivity index (χ4n) is 1.52. The third-order valence-electron chi connectivity index (χ3n) is 2.23. The van der Waals surface area contributed by atoms with Crippen molar-refractivity contribution < 1.29 is 0 Å². The fraction of sp³-hybridized carbons (Fsp3) is 0.154. The van der Waals surface area contributed by atoms with Crippen molar-refractivity contribution >= 4 is 5.57 Å². The topological polar surface area (TPSA) is 12.9 Å². The Balaban J connectivity index is 2.35. The van der Waals surface area contributed by atoms with Crippen molar-refractivity contribution in [2.75, 3.05) is 0 Å². The summed E-state index contributed by atoms with van der Waals surface area (Å²) in [7, 11) is 0. The molecule has 1 nitrogen and oxygen atoms in total. The normalized spacial score (nSPS) is 15.1. The van der Waals surface area contributed by atoms with Crippen LogP contribution in [0.1, 0.15) is 17.7 Å². The summed E-state index contributed by atoms with van der Waals surface area (Å²) in [6, 6.07) is 4.16. The molecule has 0 unspecified atom stereocenters. The van der Waals surface area contributed by atoms with Gasteiger partial charge in [-0.15, -0.1) is 0 Å². The third kappa shape index (κ3) is 1.99. The van der Waals surface area contributed by atoms with Crippen LogP contribution in [0.3, 0.4) is 0 Å². The van der Waals surface area contributed by atoms with Crippen LogP contribution in [0.2, 0.25) is 0 Å². The van der Waals surface area contributed by atoms with Crippen molar-refractivity contribution in [3.63, 3.8) is 0 Å². The Labute approximate surface area is 84.5 Å². The molecule has 0 aliphatic heterocycles. The molecule has 1 aromatic heterocycles. The number of allylic oxidation sites excluding steroid dienone is 6. The van der Waals surface area contributed by atoms with Gasteiger partial charge < -0.3 is 0 Å². The van der Waals surface area contributed by atoms with E-state index in [2.05, 4.69) is 47.5 Å². The van der Waals surface area contributed by atoms with Gasteiger partial charge >= 0.3 is 0 Å². The van der Waals surface area contributed by atoms with Crippen LogP contribution in [-0.4, -0.2) is 4.98 Å². The van der Waals surface area contributed by atoms with E-state index in [1.807, 2.05) is 13.1 Å². The highest BCUT2D eigenvalue weighted by atomic mass is 14.6. The van der Waals surface area contributed by atoms with Gasteiger partial charge in [0, 0.05) is 11.9 Å². The molecule has 0 radical (unpaired) electrons. The summed E-state index contributed by atoms with van der Waals surface area (Å²) in [6.45, 7) is 2.02. The van der Waals surface area contributed by atoms with Crippen molar-refractivity contribution in [2.45, 2.75) is 13.3 Å². The molecule has 0 fully saturated rings. The highest BCUT2D eigenvalue weighted by Gasteiger charge is 1.98. The highest BCUT2D eigenvalue weighted by molar-refractivity contribution is 5.74. The average Bonchev–Trinajstić information content (AvgIpc) is 2.45. The van der Waals surface area contributed by atoms with Crippen molar-refractivity contribution in [1.82, 2.24) is 4.98 Å². The Kier molecular flexibility index (Phi) is 2.59. The van der Waals surface area contributed by atoms with Gasteiger partial charge in [0.05, 0.1) is 0 Å². The van der Waals surface area contributed by atoms with Gasteiger partial charge in [0.2, 0.25) is 0 Å². The van der Waals surface area contributed by atoms with E-state index in [4.69, 9.17) is 0 Å². The lowest BCUT2D eigenvalue weighted by molar-refractivity contribution is 1.19. The molecular formula is C13H13N. The van der Waals surface area contributed by atoms with Crippen LogP contribution < -0.4 is 0 Å². The second-order valence-corrected chi connectivity index (χ2v) is 3.37. The van der Waals surface area contributed by atoms with Crippen LogP contribution in [0.5, 0.6) is 0 Å². The van der Waals surface area contributed by atoms with Gasteiger partial charge in [-0.25, -0.2) is 0 Å². The van der Waals surface area contributed by atoms with E-state index in [1.54, 1.807) is 0 Å². The summed E-state index contributed by atoms with van der Waals surface area (Å²) in [5, 5.41) is 0. The summed E-state index contributed by atoms with van der Waals surface area (Å²) in [5.74, 6) is 0. The van der Waals surface area contributed by atoms with Crippen molar-refractivity contribution in [2.24, 2.45) is 0 Å². The Morgan fingerprint density at radius 1 is 1.29 bits per heavy atom. The lowest BCUT2D eigenvalue weighted by Gasteiger charge is -2.02. The van der Waals surface area contributed by atoms with Crippen LogP contribution in [-0.2, 0) is 0 Å².